The SMILES string of the molecule is COc1cc(C=Nc2ccc(-c3nc4cc(C)ccc4s3)cc2)ccc1O. The van der Waals surface area contributed by atoms with Crippen LogP contribution in [0, 0.1) is 6.92 Å². The normalized spacial score (nSPS) is 11.3. The largest absolute Gasteiger partial charge is 0.504 e. The number of fused-ring (bicyclic) bond motifs is 1. The van der Waals surface area contributed by atoms with E-state index in [4.69, 9.17) is 9.72 Å². The van der Waals surface area contributed by atoms with Gasteiger partial charge in [0.2, 0.25) is 0 Å². The van der Waals surface area contributed by atoms with Crippen molar-refractivity contribution in [3.05, 3.63) is 71.8 Å². The number of phenolic OH excluding ortho intramolecular Hbond substituents is 1. The molecule has 0 bridgehead atoms. The molecule has 0 aliphatic rings. The highest BCUT2D eigenvalue weighted by Gasteiger charge is 2.06. The summed E-state index contributed by atoms with van der Waals surface area (Å²) in [6, 6.07) is 19.5. The Morgan fingerprint density at radius 1 is 1.04 bits per heavy atom. The molecule has 1 N–H and O–H groups in total. The second-order valence-electron chi connectivity index (χ2n) is 6.23. The van der Waals surface area contributed by atoms with E-state index in [0.717, 1.165) is 27.3 Å². The van der Waals surface area contributed by atoms with Gasteiger partial charge in [0.1, 0.15) is 5.01 Å². The van der Waals surface area contributed by atoms with Gasteiger partial charge in [0.25, 0.3) is 0 Å². The number of nitrogens with zero attached hydrogens (tertiary/aromatic N) is 2. The topological polar surface area (TPSA) is 54.7 Å². The summed E-state index contributed by atoms with van der Waals surface area (Å²) in [5.74, 6) is 0.547. The van der Waals surface area contributed by atoms with Crippen LogP contribution in [0.5, 0.6) is 11.5 Å². The third-order valence-electron chi connectivity index (χ3n) is 4.22. The summed E-state index contributed by atoms with van der Waals surface area (Å²) in [6.07, 6.45) is 1.75. The van der Waals surface area contributed by atoms with E-state index >= 15 is 0 Å². The van der Waals surface area contributed by atoms with Crippen LogP contribution in [0.25, 0.3) is 20.8 Å². The van der Waals surface area contributed by atoms with Gasteiger partial charge in [0, 0.05) is 11.8 Å². The number of ether oxygens (including phenoxy) is 1. The highest BCUT2D eigenvalue weighted by molar-refractivity contribution is 7.21. The van der Waals surface area contributed by atoms with Gasteiger partial charge in [-0.25, -0.2) is 4.98 Å². The maximum atomic E-state index is 9.65. The van der Waals surface area contributed by atoms with Crippen LogP contribution in [-0.2, 0) is 0 Å². The number of rotatable bonds is 4. The standard InChI is InChI=1S/C22H18N2O2S/c1-14-3-10-21-18(11-14)24-22(27-21)16-5-7-17(8-6-16)23-13-15-4-9-19(25)20(12-15)26-2/h3-13,25H,1-2H3. The van der Waals surface area contributed by atoms with Crippen molar-refractivity contribution in [1.29, 1.82) is 0 Å². The number of hydrogen-bond acceptors (Lipinski definition) is 5. The first-order valence-corrected chi connectivity index (χ1v) is 9.33. The lowest BCUT2D eigenvalue weighted by Crippen LogP contribution is -1.86. The van der Waals surface area contributed by atoms with Crippen molar-refractivity contribution in [2.24, 2.45) is 4.99 Å². The molecule has 0 atom stereocenters. The summed E-state index contributed by atoms with van der Waals surface area (Å²) in [6.45, 7) is 2.08. The lowest BCUT2D eigenvalue weighted by atomic mass is 10.2. The molecule has 0 unspecified atom stereocenters. The smallest absolute Gasteiger partial charge is 0.161 e. The maximum absolute atomic E-state index is 9.65. The lowest BCUT2D eigenvalue weighted by molar-refractivity contribution is 0.373. The van der Waals surface area contributed by atoms with Gasteiger partial charge < -0.3 is 9.84 Å². The third kappa shape index (κ3) is 3.68. The average Bonchev–Trinajstić information content (AvgIpc) is 3.11. The molecule has 27 heavy (non-hydrogen) atoms. The number of aromatic hydroxyl groups is 1. The van der Waals surface area contributed by atoms with Gasteiger partial charge in [-0.15, -0.1) is 11.3 Å². The molecule has 134 valence electrons. The fourth-order valence-electron chi connectivity index (χ4n) is 2.77. The van der Waals surface area contributed by atoms with Crippen LogP contribution >= 0.6 is 11.3 Å². The first-order chi connectivity index (χ1) is 13.1. The predicted octanol–water partition coefficient (Wildman–Crippen LogP) is 5.74. The first-order valence-electron chi connectivity index (χ1n) is 8.51. The van der Waals surface area contributed by atoms with E-state index in [1.807, 2.05) is 24.3 Å². The van der Waals surface area contributed by atoms with Crippen LogP contribution in [0.15, 0.2) is 65.7 Å². The molecule has 4 aromatic rings. The van der Waals surface area contributed by atoms with Crippen molar-refractivity contribution in [2.45, 2.75) is 6.92 Å². The van der Waals surface area contributed by atoms with E-state index in [1.165, 1.54) is 17.4 Å². The molecule has 0 fully saturated rings. The summed E-state index contributed by atoms with van der Waals surface area (Å²) in [5.41, 5.74) is 5.05. The molecular formula is C22H18N2O2S. The Kier molecular flexibility index (Phi) is 4.60. The molecule has 4 nitrogen and oxygen atoms in total. The lowest BCUT2D eigenvalue weighted by Gasteiger charge is -2.03. The van der Waals surface area contributed by atoms with Crippen LogP contribution in [0.1, 0.15) is 11.1 Å². The van der Waals surface area contributed by atoms with Gasteiger partial charge >= 0.3 is 0 Å². The number of aromatic nitrogens is 1. The zero-order valence-corrected chi connectivity index (χ0v) is 15.8. The van der Waals surface area contributed by atoms with Crippen LogP contribution in [0.2, 0.25) is 0 Å². The Bertz CT molecular complexity index is 1130. The minimum Gasteiger partial charge on any atom is -0.504 e. The molecule has 3 aromatic carbocycles. The van der Waals surface area contributed by atoms with E-state index in [2.05, 4.69) is 30.1 Å². The molecule has 0 radical (unpaired) electrons. The van der Waals surface area contributed by atoms with Crippen LogP contribution in [0.3, 0.4) is 0 Å². The Hall–Kier alpha value is -3.18. The van der Waals surface area contributed by atoms with Gasteiger partial charge in [0.15, 0.2) is 11.5 Å². The zero-order chi connectivity index (χ0) is 18.8. The monoisotopic (exact) mass is 374 g/mol. The number of aryl methyl sites for hydroxylation is 1. The van der Waals surface area contributed by atoms with Crippen molar-refractivity contribution in [1.82, 2.24) is 4.98 Å². The highest BCUT2D eigenvalue weighted by Crippen LogP contribution is 2.31. The minimum absolute atomic E-state index is 0.116. The molecule has 5 heteroatoms. The van der Waals surface area contributed by atoms with Crippen LogP contribution in [-0.4, -0.2) is 23.4 Å². The van der Waals surface area contributed by atoms with E-state index in [0.29, 0.717) is 5.75 Å². The number of thiazole rings is 1. The molecule has 0 spiro atoms. The van der Waals surface area contributed by atoms with E-state index < -0.39 is 0 Å². The molecule has 0 aliphatic heterocycles. The fraction of sp³-hybridized carbons (Fsp3) is 0.0909. The fourth-order valence-corrected chi connectivity index (χ4v) is 3.73. The summed E-state index contributed by atoms with van der Waals surface area (Å²) in [5, 5.41) is 10.7. The summed E-state index contributed by atoms with van der Waals surface area (Å²) >= 11 is 1.69. The van der Waals surface area contributed by atoms with Crippen molar-refractivity contribution in [3.8, 4) is 22.1 Å². The second kappa shape index (κ2) is 7.21. The second-order valence-corrected chi connectivity index (χ2v) is 7.26. The van der Waals surface area contributed by atoms with Gasteiger partial charge in [-0.05, 0) is 72.6 Å². The number of hydrogen-bond donors (Lipinski definition) is 1. The van der Waals surface area contributed by atoms with E-state index in [-0.39, 0.29) is 5.75 Å². The summed E-state index contributed by atoms with van der Waals surface area (Å²) < 4.78 is 6.31. The summed E-state index contributed by atoms with van der Waals surface area (Å²) in [7, 11) is 1.53. The number of phenols is 1. The Labute approximate surface area is 161 Å². The number of aliphatic imine (C=N–C) groups is 1. The Balaban J connectivity index is 1.56. The molecule has 1 aromatic heterocycles. The third-order valence-corrected chi connectivity index (χ3v) is 5.31. The van der Waals surface area contributed by atoms with Gasteiger partial charge in [0.05, 0.1) is 23.0 Å². The Morgan fingerprint density at radius 3 is 2.63 bits per heavy atom. The minimum atomic E-state index is 0.116. The zero-order valence-electron chi connectivity index (χ0n) is 15.0. The Morgan fingerprint density at radius 2 is 1.85 bits per heavy atom. The molecule has 4 rings (SSSR count). The quantitative estimate of drug-likeness (QED) is 0.464. The molecule has 0 saturated heterocycles. The molecule has 0 amide bonds. The number of benzene rings is 3. The van der Waals surface area contributed by atoms with Gasteiger partial charge in [-0.2, -0.15) is 0 Å². The maximum Gasteiger partial charge on any atom is 0.161 e. The predicted molar refractivity (Wildman–Crippen MR) is 112 cm³/mol. The number of methoxy groups -OCH3 is 1. The molecular weight excluding hydrogens is 356 g/mol. The van der Waals surface area contributed by atoms with Gasteiger partial charge in [-0.3, -0.25) is 4.99 Å². The van der Waals surface area contributed by atoms with E-state index in [9.17, 15) is 5.11 Å². The van der Waals surface area contributed by atoms with Crippen molar-refractivity contribution < 1.29 is 9.84 Å². The average molecular weight is 374 g/mol. The van der Waals surface area contributed by atoms with Crippen molar-refractivity contribution in [3.63, 3.8) is 0 Å². The highest BCUT2D eigenvalue weighted by atomic mass is 32.1. The van der Waals surface area contributed by atoms with Crippen LogP contribution < -0.4 is 4.74 Å². The van der Waals surface area contributed by atoms with Crippen molar-refractivity contribution in [2.75, 3.05) is 7.11 Å². The van der Waals surface area contributed by atoms with Gasteiger partial charge in [-0.1, -0.05) is 6.07 Å². The molecule has 1 heterocycles. The van der Waals surface area contributed by atoms with E-state index in [1.54, 1.807) is 35.8 Å². The molecule has 0 aliphatic carbocycles. The van der Waals surface area contributed by atoms with Crippen LogP contribution in [0.4, 0.5) is 5.69 Å². The first kappa shape index (κ1) is 17.2. The van der Waals surface area contributed by atoms with Crippen molar-refractivity contribution >= 4 is 33.5 Å². The summed E-state index contributed by atoms with van der Waals surface area (Å²) in [4.78, 5) is 9.23. The molecule has 0 saturated carbocycles.